The Morgan fingerprint density at radius 1 is 0.947 bits per heavy atom. The van der Waals surface area contributed by atoms with E-state index >= 15 is 0 Å². The first-order valence-corrected chi connectivity index (χ1v) is 9.59. The Kier molecular flexibility index (Phi) is 2.79. The molecule has 0 aliphatic heterocycles. The van der Waals surface area contributed by atoms with Gasteiger partial charge in [0.25, 0.3) is 10.1 Å². The summed E-state index contributed by atoms with van der Waals surface area (Å²) in [7, 11) is -3.75. The normalized spacial score (nSPS) is 50.9. The van der Waals surface area contributed by atoms with Crippen molar-refractivity contribution in [2.24, 2.45) is 41.4 Å². The summed E-state index contributed by atoms with van der Waals surface area (Å²) < 4.78 is 30.4. The second-order valence-electron chi connectivity index (χ2n) is 7.57. The van der Waals surface area contributed by atoms with Gasteiger partial charge in [-0.25, -0.2) is 0 Å². The van der Waals surface area contributed by atoms with Gasteiger partial charge in [0.15, 0.2) is 0 Å². The molecule has 7 atom stereocenters. The van der Waals surface area contributed by atoms with Crippen LogP contribution in [0.25, 0.3) is 0 Å². The molecule has 4 bridgehead atoms. The highest BCUT2D eigenvalue weighted by molar-refractivity contribution is 7.85. The third kappa shape index (κ3) is 1.98. The molecule has 19 heavy (non-hydrogen) atoms. The predicted octanol–water partition coefficient (Wildman–Crippen LogP) is 2.97. The Hall–Kier alpha value is -0.0900. The van der Waals surface area contributed by atoms with Crippen LogP contribution in [0.3, 0.4) is 0 Å². The van der Waals surface area contributed by atoms with Crippen LogP contribution in [0, 0.1) is 41.4 Å². The van der Waals surface area contributed by atoms with E-state index in [0.717, 1.165) is 47.8 Å². The highest BCUT2D eigenvalue weighted by atomic mass is 32.2. The van der Waals surface area contributed by atoms with E-state index in [2.05, 4.69) is 0 Å². The standard InChI is InChI=1S/C15H24O3S/c16-19(17,18)5-1-2-9-6-12-8-13(9)15-11-4-3-10(7-11)14(12)15/h9-15H,1-8H2,(H,16,17,18). The minimum absolute atomic E-state index is 0.0406. The van der Waals surface area contributed by atoms with Gasteiger partial charge in [0.2, 0.25) is 0 Å². The average Bonchev–Trinajstić information content (AvgIpc) is 3.05. The first-order valence-electron chi connectivity index (χ1n) is 7.98. The van der Waals surface area contributed by atoms with Gasteiger partial charge in [0.05, 0.1) is 5.75 Å². The molecule has 4 fully saturated rings. The maximum atomic E-state index is 10.8. The van der Waals surface area contributed by atoms with Crippen molar-refractivity contribution in [2.75, 3.05) is 5.75 Å². The van der Waals surface area contributed by atoms with E-state index in [-0.39, 0.29) is 5.75 Å². The molecule has 4 aliphatic carbocycles. The molecule has 0 amide bonds. The van der Waals surface area contributed by atoms with Crippen molar-refractivity contribution in [3.8, 4) is 0 Å². The quantitative estimate of drug-likeness (QED) is 0.638. The van der Waals surface area contributed by atoms with E-state index in [4.69, 9.17) is 4.55 Å². The molecular weight excluding hydrogens is 260 g/mol. The predicted molar refractivity (Wildman–Crippen MR) is 73.2 cm³/mol. The number of hydrogen-bond acceptors (Lipinski definition) is 2. The lowest BCUT2D eigenvalue weighted by Gasteiger charge is -2.38. The molecule has 3 nitrogen and oxygen atoms in total. The largest absolute Gasteiger partial charge is 0.286 e. The Balaban J connectivity index is 1.40. The van der Waals surface area contributed by atoms with E-state index in [1.165, 1.54) is 32.1 Å². The molecule has 0 aromatic rings. The summed E-state index contributed by atoms with van der Waals surface area (Å²) >= 11 is 0. The van der Waals surface area contributed by atoms with Crippen molar-refractivity contribution in [1.29, 1.82) is 0 Å². The SMILES string of the molecule is O=S(=O)(O)CCCC1CC2CC1C1C3CCC(C3)C21. The molecule has 0 aromatic heterocycles. The van der Waals surface area contributed by atoms with Crippen LogP contribution in [-0.4, -0.2) is 18.7 Å². The minimum atomic E-state index is -3.75. The maximum absolute atomic E-state index is 10.8. The molecule has 108 valence electrons. The van der Waals surface area contributed by atoms with Crippen molar-refractivity contribution in [1.82, 2.24) is 0 Å². The molecule has 4 aliphatic rings. The minimum Gasteiger partial charge on any atom is -0.286 e. The van der Waals surface area contributed by atoms with Gasteiger partial charge in [-0.15, -0.1) is 0 Å². The van der Waals surface area contributed by atoms with Crippen LogP contribution >= 0.6 is 0 Å². The Labute approximate surface area is 115 Å². The van der Waals surface area contributed by atoms with Gasteiger partial charge < -0.3 is 0 Å². The molecule has 0 heterocycles. The smallest absolute Gasteiger partial charge is 0.264 e. The molecule has 1 N–H and O–H groups in total. The van der Waals surface area contributed by atoms with Crippen LogP contribution in [0.5, 0.6) is 0 Å². The summed E-state index contributed by atoms with van der Waals surface area (Å²) in [6.07, 6.45) is 8.90. The van der Waals surface area contributed by atoms with E-state index < -0.39 is 10.1 Å². The second-order valence-corrected chi connectivity index (χ2v) is 9.14. The number of hydrogen-bond donors (Lipinski definition) is 1. The zero-order chi connectivity index (χ0) is 13.2. The van der Waals surface area contributed by atoms with Gasteiger partial charge in [-0.2, -0.15) is 8.42 Å². The van der Waals surface area contributed by atoms with Crippen LogP contribution in [0.4, 0.5) is 0 Å². The van der Waals surface area contributed by atoms with Gasteiger partial charge in [-0.05, 0) is 86.4 Å². The molecule has 4 saturated carbocycles. The average molecular weight is 284 g/mol. The maximum Gasteiger partial charge on any atom is 0.264 e. The summed E-state index contributed by atoms with van der Waals surface area (Å²) in [6, 6.07) is 0. The monoisotopic (exact) mass is 284 g/mol. The molecule has 0 aromatic carbocycles. The van der Waals surface area contributed by atoms with Crippen molar-refractivity contribution < 1.29 is 13.0 Å². The summed E-state index contributed by atoms with van der Waals surface area (Å²) in [5.41, 5.74) is 0. The molecule has 7 unspecified atom stereocenters. The van der Waals surface area contributed by atoms with E-state index in [1.54, 1.807) is 0 Å². The van der Waals surface area contributed by atoms with E-state index in [0.29, 0.717) is 6.42 Å². The zero-order valence-electron chi connectivity index (χ0n) is 11.4. The van der Waals surface area contributed by atoms with E-state index in [1.807, 2.05) is 0 Å². The Morgan fingerprint density at radius 3 is 2.42 bits per heavy atom. The fourth-order valence-electron chi connectivity index (χ4n) is 6.56. The molecule has 0 saturated heterocycles. The van der Waals surface area contributed by atoms with Crippen LogP contribution in [0.2, 0.25) is 0 Å². The Bertz CT molecular complexity index is 472. The molecule has 0 spiro atoms. The summed E-state index contributed by atoms with van der Waals surface area (Å²) in [5, 5.41) is 0. The lowest BCUT2D eigenvalue weighted by molar-refractivity contribution is 0.101. The Morgan fingerprint density at radius 2 is 1.68 bits per heavy atom. The lowest BCUT2D eigenvalue weighted by Crippen LogP contribution is -2.32. The summed E-state index contributed by atoms with van der Waals surface area (Å²) in [5.74, 6) is 6.66. The van der Waals surface area contributed by atoms with Gasteiger partial charge in [0, 0.05) is 0 Å². The number of rotatable bonds is 4. The topological polar surface area (TPSA) is 54.4 Å². The van der Waals surface area contributed by atoms with Gasteiger partial charge >= 0.3 is 0 Å². The van der Waals surface area contributed by atoms with Crippen molar-refractivity contribution >= 4 is 10.1 Å². The van der Waals surface area contributed by atoms with Crippen molar-refractivity contribution in [3.63, 3.8) is 0 Å². The van der Waals surface area contributed by atoms with E-state index in [9.17, 15) is 8.42 Å². The summed E-state index contributed by atoms with van der Waals surface area (Å²) in [6.45, 7) is 0. The van der Waals surface area contributed by atoms with Gasteiger partial charge in [-0.1, -0.05) is 0 Å². The number of fused-ring (bicyclic) bond motifs is 9. The zero-order valence-corrected chi connectivity index (χ0v) is 12.2. The van der Waals surface area contributed by atoms with Crippen molar-refractivity contribution in [3.05, 3.63) is 0 Å². The third-order valence-corrected chi connectivity index (χ3v) is 7.65. The van der Waals surface area contributed by atoms with Gasteiger partial charge in [-0.3, -0.25) is 4.55 Å². The lowest BCUT2D eigenvalue weighted by atomic mass is 9.67. The first kappa shape index (κ1) is 12.6. The van der Waals surface area contributed by atoms with Crippen LogP contribution in [0.15, 0.2) is 0 Å². The van der Waals surface area contributed by atoms with Crippen molar-refractivity contribution in [2.45, 2.75) is 44.9 Å². The first-order chi connectivity index (χ1) is 9.03. The fraction of sp³-hybridized carbons (Fsp3) is 1.00. The molecular formula is C15H24O3S. The van der Waals surface area contributed by atoms with Crippen LogP contribution in [-0.2, 0) is 10.1 Å². The van der Waals surface area contributed by atoms with Gasteiger partial charge in [0.1, 0.15) is 0 Å². The fourth-order valence-corrected chi connectivity index (χ4v) is 7.09. The highest BCUT2D eigenvalue weighted by Gasteiger charge is 2.61. The second kappa shape index (κ2) is 4.20. The molecule has 4 heteroatoms. The molecule has 0 radical (unpaired) electrons. The molecule has 4 rings (SSSR count). The highest BCUT2D eigenvalue weighted by Crippen LogP contribution is 2.69. The third-order valence-electron chi connectivity index (χ3n) is 6.85. The van der Waals surface area contributed by atoms with Crippen LogP contribution in [0.1, 0.15) is 44.9 Å². The van der Waals surface area contributed by atoms with Crippen LogP contribution < -0.4 is 0 Å². The summed E-state index contributed by atoms with van der Waals surface area (Å²) in [4.78, 5) is 0.